The number of rotatable bonds is 10. The molecule has 1 N–H and O–H groups in total. The van der Waals surface area contributed by atoms with Crippen molar-refractivity contribution in [1.82, 2.24) is 5.32 Å². The number of nitrogens with one attached hydrogen (secondary N) is 1. The number of benzene rings is 1. The second kappa shape index (κ2) is 10.4. The summed E-state index contributed by atoms with van der Waals surface area (Å²) in [6.45, 7) is 6.90. The van der Waals surface area contributed by atoms with Crippen LogP contribution in [0.25, 0.3) is 0 Å². The predicted molar refractivity (Wildman–Crippen MR) is 95.8 cm³/mol. The fraction of sp³-hybridized carbons (Fsp3) is 0.625. The van der Waals surface area contributed by atoms with E-state index in [1.807, 2.05) is 17.8 Å². The lowest BCUT2D eigenvalue weighted by atomic mass is 10.2. The van der Waals surface area contributed by atoms with Crippen molar-refractivity contribution in [2.24, 2.45) is 0 Å². The molecular weight excluding hydrogens is 350 g/mol. The van der Waals surface area contributed by atoms with Crippen LogP contribution in [0.15, 0.2) is 16.6 Å². The van der Waals surface area contributed by atoms with Gasteiger partial charge >= 0.3 is 0 Å². The van der Waals surface area contributed by atoms with Crippen molar-refractivity contribution >= 4 is 27.7 Å². The molecule has 1 atom stereocenters. The first-order chi connectivity index (χ1) is 10.1. The van der Waals surface area contributed by atoms with Gasteiger partial charge in [-0.05, 0) is 59.3 Å². The van der Waals surface area contributed by atoms with Crippen molar-refractivity contribution in [1.29, 1.82) is 0 Å². The molecule has 1 unspecified atom stereocenters. The third-order valence-corrected chi connectivity index (χ3v) is 4.83. The highest BCUT2D eigenvalue weighted by molar-refractivity contribution is 9.10. The molecule has 0 aliphatic heterocycles. The molecule has 5 heteroatoms. The molecule has 0 saturated carbocycles. The van der Waals surface area contributed by atoms with Gasteiger partial charge in [-0.2, -0.15) is 11.8 Å². The van der Waals surface area contributed by atoms with Gasteiger partial charge in [0.1, 0.15) is 0 Å². The second-order valence-electron chi connectivity index (χ2n) is 4.97. The zero-order valence-electron chi connectivity index (χ0n) is 13.4. The summed E-state index contributed by atoms with van der Waals surface area (Å²) in [4.78, 5) is 0. The van der Waals surface area contributed by atoms with E-state index in [4.69, 9.17) is 9.47 Å². The lowest BCUT2D eigenvalue weighted by Gasteiger charge is -2.15. The van der Waals surface area contributed by atoms with Gasteiger partial charge in [0.15, 0.2) is 11.5 Å². The average molecular weight is 376 g/mol. The maximum atomic E-state index is 5.74. The van der Waals surface area contributed by atoms with E-state index in [-0.39, 0.29) is 0 Å². The van der Waals surface area contributed by atoms with Gasteiger partial charge in [0.25, 0.3) is 0 Å². The molecule has 1 rings (SSSR count). The molecule has 0 spiro atoms. The SMILES string of the molecule is CCCOc1c(Br)cc(CNCCC(C)SC)cc1OC. The van der Waals surface area contributed by atoms with Gasteiger partial charge in [-0.3, -0.25) is 0 Å². The van der Waals surface area contributed by atoms with Crippen molar-refractivity contribution in [2.45, 2.75) is 38.5 Å². The summed E-state index contributed by atoms with van der Waals surface area (Å²) in [5, 5.41) is 4.18. The first-order valence-corrected chi connectivity index (χ1v) is 9.43. The summed E-state index contributed by atoms with van der Waals surface area (Å²) in [5.41, 5.74) is 1.19. The van der Waals surface area contributed by atoms with Crippen LogP contribution in [0.2, 0.25) is 0 Å². The Bertz CT molecular complexity index is 429. The largest absolute Gasteiger partial charge is 0.493 e. The monoisotopic (exact) mass is 375 g/mol. The number of hydrogen-bond acceptors (Lipinski definition) is 4. The fourth-order valence-corrected chi connectivity index (χ4v) is 2.83. The van der Waals surface area contributed by atoms with Crippen LogP contribution >= 0.6 is 27.7 Å². The van der Waals surface area contributed by atoms with E-state index in [9.17, 15) is 0 Å². The highest BCUT2D eigenvalue weighted by Gasteiger charge is 2.11. The van der Waals surface area contributed by atoms with Crippen LogP contribution in [0.4, 0.5) is 0 Å². The summed E-state index contributed by atoms with van der Waals surface area (Å²) >= 11 is 5.48. The molecule has 0 heterocycles. The Morgan fingerprint density at radius 1 is 1.38 bits per heavy atom. The van der Waals surface area contributed by atoms with Gasteiger partial charge in [0.05, 0.1) is 18.2 Å². The lowest BCUT2D eigenvalue weighted by molar-refractivity contribution is 0.292. The molecule has 120 valence electrons. The Morgan fingerprint density at radius 2 is 2.14 bits per heavy atom. The number of ether oxygens (including phenoxy) is 2. The number of thioether (sulfide) groups is 1. The van der Waals surface area contributed by atoms with Gasteiger partial charge in [-0.1, -0.05) is 13.8 Å². The van der Waals surface area contributed by atoms with Crippen molar-refractivity contribution in [3.05, 3.63) is 22.2 Å². The molecule has 0 aromatic heterocycles. The van der Waals surface area contributed by atoms with Gasteiger partial charge in [0, 0.05) is 11.8 Å². The zero-order valence-corrected chi connectivity index (χ0v) is 15.8. The van der Waals surface area contributed by atoms with Gasteiger partial charge < -0.3 is 14.8 Å². The molecule has 21 heavy (non-hydrogen) atoms. The highest BCUT2D eigenvalue weighted by Crippen LogP contribution is 2.36. The molecule has 3 nitrogen and oxygen atoms in total. The Hall–Kier alpha value is -0.390. The van der Waals surface area contributed by atoms with Crippen LogP contribution < -0.4 is 14.8 Å². The summed E-state index contributed by atoms with van der Waals surface area (Å²) in [6, 6.07) is 4.14. The van der Waals surface area contributed by atoms with Gasteiger partial charge in [-0.15, -0.1) is 0 Å². The summed E-state index contributed by atoms with van der Waals surface area (Å²) in [6.07, 6.45) is 4.31. The van der Waals surface area contributed by atoms with Crippen molar-refractivity contribution in [2.75, 3.05) is 26.5 Å². The maximum absolute atomic E-state index is 5.74. The highest BCUT2D eigenvalue weighted by atomic mass is 79.9. The molecule has 0 aliphatic carbocycles. The molecule has 0 bridgehead atoms. The Balaban J connectivity index is 2.61. The van der Waals surface area contributed by atoms with E-state index in [1.165, 1.54) is 12.0 Å². The predicted octanol–water partition coefficient (Wildman–Crippen LogP) is 4.48. The van der Waals surface area contributed by atoms with E-state index in [0.29, 0.717) is 11.9 Å². The topological polar surface area (TPSA) is 30.5 Å². The molecule has 1 aromatic rings. The maximum Gasteiger partial charge on any atom is 0.175 e. The van der Waals surface area contributed by atoms with E-state index < -0.39 is 0 Å². The van der Waals surface area contributed by atoms with Crippen LogP contribution in [-0.4, -0.2) is 31.8 Å². The summed E-state index contributed by atoms with van der Waals surface area (Å²) in [7, 11) is 1.68. The summed E-state index contributed by atoms with van der Waals surface area (Å²) < 4.78 is 12.1. The number of methoxy groups -OCH3 is 1. The van der Waals surface area contributed by atoms with Crippen LogP contribution in [-0.2, 0) is 6.54 Å². The lowest BCUT2D eigenvalue weighted by Crippen LogP contribution is -2.17. The summed E-state index contributed by atoms with van der Waals surface area (Å²) in [5.74, 6) is 1.58. The molecule has 0 radical (unpaired) electrons. The molecule has 0 amide bonds. The first-order valence-electron chi connectivity index (χ1n) is 7.35. The minimum absolute atomic E-state index is 0.694. The molecule has 0 saturated heterocycles. The zero-order chi connectivity index (χ0) is 15.7. The molecule has 1 aromatic carbocycles. The van der Waals surface area contributed by atoms with Crippen LogP contribution in [0.5, 0.6) is 11.5 Å². The quantitative estimate of drug-likeness (QED) is 0.610. The number of halogens is 1. The average Bonchev–Trinajstić information content (AvgIpc) is 2.49. The van der Waals surface area contributed by atoms with E-state index >= 15 is 0 Å². The van der Waals surface area contributed by atoms with Crippen molar-refractivity contribution in [3.63, 3.8) is 0 Å². The normalized spacial score (nSPS) is 12.2. The van der Waals surface area contributed by atoms with Crippen molar-refractivity contribution in [3.8, 4) is 11.5 Å². The van der Waals surface area contributed by atoms with Crippen LogP contribution in [0.3, 0.4) is 0 Å². The van der Waals surface area contributed by atoms with Crippen LogP contribution in [0, 0.1) is 0 Å². The van der Waals surface area contributed by atoms with Crippen molar-refractivity contribution < 1.29 is 9.47 Å². The van der Waals surface area contributed by atoms with Crippen LogP contribution in [0.1, 0.15) is 32.3 Å². The van der Waals surface area contributed by atoms with E-state index in [0.717, 1.165) is 35.5 Å². The minimum Gasteiger partial charge on any atom is -0.493 e. The Kier molecular flexibility index (Phi) is 9.20. The van der Waals surface area contributed by atoms with E-state index in [2.05, 4.69) is 47.4 Å². The van der Waals surface area contributed by atoms with Gasteiger partial charge in [-0.25, -0.2) is 0 Å². The van der Waals surface area contributed by atoms with Gasteiger partial charge in [0.2, 0.25) is 0 Å². The van der Waals surface area contributed by atoms with E-state index in [1.54, 1.807) is 7.11 Å². The molecule has 0 fully saturated rings. The molecular formula is C16H26BrNO2S. The number of hydrogen-bond donors (Lipinski definition) is 1. The minimum atomic E-state index is 0.694. The fourth-order valence-electron chi connectivity index (χ4n) is 1.88. The third-order valence-electron chi connectivity index (χ3n) is 3.20. The third kappa shape index (κ3) is 6.49. The Labute approximate surface area is 141 Å². The second-order valence-corrected chi connectivity index (χ2v) is 7.10. The molecule has 0 aliphatic rings. The first kappa shape index (κ1) is 18.7. The Morgan fingerprint density at radius 3 is 2.76 bits per heavy atom. The standard InChI is InChI=1S/C16H26BrNO2S/c1-5-8-20-16-14(17)9-13(10-15(16)19-3)11-18-7-6-12(2)21-4/h9-10,12,18H,5-8,11H2,1-4H3. The smallest absolute Gasteiger partial charge is 0.175 e.